The minimum absolute atomic E-state index is 0.213. The van der Waals surface area contributed by atoms with Crippen LogP contribution in [0.25, 0.3) is 11.3 Å². The Morgan fingerprint density at radius 2 is 2.06 bits per heavy atom. The molecule has 2 atom stereocenters. The zero-order valence-corrected chi connectivity index (χ0v) is 17.9. The molecular weight excluding hydrogens is 427 g/mol. The number of nitrogens with zero attached hydrogens (tertiary/aromatic N) is 5. The van der Waals surface area contributed by atoms with E-state index in [1.54, 1.807) is 37.6 Å². The summed E-state index contributed by atoms with van der Waals surface area (Å²) in [5.74, 6) is 0.444. The van der Waals surface area contributed by atoms with Gasteiger partial charge in [-0.1, -0.05) is 0 Å². The van der Waals surface area contributed by atoms with Crippen molar-refractivity contribution < 1.29 is 9.18 Å². The van der Waals surface area contributed by atoms with Crippen molar-refractivity contribution in [2.24, 2.45) is 0 Å². The van der Waals surface area contributed by atoms with Crippen LogP contribution in [-0.4, -0.2) is 49.3 Å². The number of fused-ring (bicyclic) bond motifs is 1. The zero-order valence-electron chi connectivity index (χ0n) is 17.9. The number of carbonyl (C=O) groups is 1. The van der Waals surface area contributed by atoms with Crippen LogP contribution in [-0.2, 0) is 0 Å². The highest BCUT2D eigenvalue weighted by atomic mass is 19.1. The molecule has 3 N–H and O–H groups in total. The third-order valence-corrected chi connectivity index (χ3v) is 5.39. The van der Waals surface area contributed by atoms with Gasteiger partial charge in [0.25, 0.3) is 11.5 Å². The van der Waals surface area contributed by atoms with Gasteiger partial charge in [0, 0.05) is 31.4 Å². The van der Waals surface area contributed by atoms with Crippen LogP contribution in [0.5, 0.6) is 0 Å². The maximum atomic E-state index is 13.2. The number of aryl methyl sites for hydroxylation is 1. The summed E-state index contributed by atoms with van der Waals surface area (Å²) in [6.07, 6.45) is 3.97. The van der Waals surface area contributed by atoms with Gasteiger partial charge in [-0.2, -0.15) is 9.61 Å². The van der Waals surface area contributed by atoms with E-state index in [1.807, 2.05) is 19.1 Å². The molecule has 0 spiro atoms. The van der Waals surface area contributed by atoms with Crippen LogP contribution in [0.1, 0.15) is 22.5 Å². The van der Waals surface area contributed by atoms with Gasteiger partial charge in [0.15, 0.2) is 5.65 Å². The second kappa shape index (κ2) is 8.01. The molecule has 0 bridgehead atoms. The smallest absolute Gasteiger partial charge is 0.278 e. The number of hydrogen-bond donors (Lipinski definition) is 3. The molecule has 1 saturated carbocycles. The van der Waals surface area contributed by atoms with E-state index >= 15 is 0 Å². The average molecular weight is 448 g/mol. The van der Waals surface area contributed by atoms with E-state index < -0.39 is 18.1 Å². The van der Waals surface area contributed by atoms with Crippen LogP contribution in [0.2, 0.25) is 0 Å². The molecule has 1 amide bonds. The van der Waals surface area contributed by atoms with Crippen LogP contribution in [0.4, 0.5) is 21.7 Å². The normalized spacial score (nSPS) is 17.1. The molecule has 33 heavy (non-hydrogen) atoms. The van der Waals surface area contributed by atoms with E-state index in [0.717, 1.165) is 5.69 Å². The Morgan fingerprint density at radius 1 is 1.24 bits per heavy atom. The first-order valence-electron chi connectivity index (χ1n) is 10.4. The first kappa shape index (κ1) is 20.6. The largest absolute Gasteiger partial charge is 0.373 e. The Labute approximate surface area is 187 Å². The molecule has 4 aromatic heterocycles. The van der Waals surface area contributed by atoms with Crippen LogP contribution in [0.3, 0.4) is 0 Å². The molecule has 4 aromatic rings. The maximum Gasteiger partial charge on any atom is 0.278 e. The fourth-order valence-electron chi connectivity index (χ4n) is 3.46. The lowest BCUT2D eigenvalue weighted by Crippen LogP contribution is -2.27. The highest BCUT2D eigenvalue weighted by Gasteiger charge is 2.39. The van der Waals surface area contributed by atoms with Gasteiger partial charge in [-0.15, -0.1) is 0 Å². The molecule has 11 heteroatoms. The lowest BCUT2D eigenvalue weighted by molar-refractivity contribution is 0.0949. The van der Waals surface area contributed by atoms with Gasteiger partial charge in [-0.25, -0.2) is 9.37 Å². The van der Waals surface area contributed by atoms with Crippen LogP contribution in [0.15, 0.2) is 53.7 Å². The van der Waals surface area contributed by atoms with Gasteiger partial charge in [0.05, 0.1) is 24.1 Å². The van der Waals surface area contributed by atoms with Crippen molar-refractivity contribution in [1.29, 1.82) is 0 Å². The van der Waals surface area contributed by atoms with Crippen LogP contribution >= 0.6 is 0 Å². The van der Waals surface area contributed by atoms with E-state index in [0.29, 0.717) is 29.4 Å². The molecule has 10 nitrogen and oxygen atoms in total. The molecule has 0 radical (unpaired) electrons. The third kappa shape index (κ3) is 3.88. The minimum atomic E-state index is -1.02. The highest BCUT2D eigenvalue weighted by Crippen LogP contribution is 2.26. The maximum absolute atomic E-state index is 13.2. The molecular formula is C22H21FN8O2. The van der Waals surface area contributed by atoms with Crippen molar-refractivity contribution in [2.75, 3.05) is 17.7 Å². The molecule has 5 rings (SSSR count). The van der Waals surface area contributed by atoms with Crippen molar-refractivity contribution in [2.45, 2.75) is 25.6 Å². The predicted molar refractivity (Wildman–Crippen MR) is 121 cm³/mol. The summed E-state index contributed by atoms with van der Waals surface area (Å²) in [6.45, 7) is 1.87. The Kier molecular flexibility index (Phi) is 5.00. The topological polar surface area (TPSA) is 118 Å². The Morgan fingerprint density at radius 3 is 2.76 bits per heavy atom. The van der Waals surface area contributed by atoms with Gasteiger partial charge in [-0.3, -0.25) is 19.1 Å². The zero-order chi connectivity index (χ0) is 23.1. The Hall–Kier alpha value is -4.28. The number of hydrogen-bond acceptors (Lipinski definition) is 7. The summed E-state index contributed by atoms with van der Waals surface area (Å²) in [5.41, 5.74) is 1.98. The summed E-state index contributed by atoms with van der Waals surface area (Å²) in [6, 6.07) is 8.22. The van der Waals surface area contributed by atoms with E-state index in [4.69, 9.17) is 0 Å². The van der Waals surface area contributed by atoms with Crippen molar-refractivity contribution in [1.82, 2.24) is 29.5 Å². The Balaban J connectivity index is 1.51. The fraction of sp³-hybridized carbons (Fsp3) is 0.227. The van der Waals surface area contributed by atoms with Gasteiger partial charge in [-0.05, 0) is 31.2 Å². The van der Waals surface area contributed by atoms with Crippen molar-refractivity contribution in [3.63, 3.8) is 0 Å². The number of rotatable bonds is 6. The molecule has 0 aliphatic heterocycles. The van der Waals surface area contributed by atoms with Crippen LogP contribution < -0.4 is 21.5 Å². The number of anilines is 3. The van der Waals surface area contributed by atoms with Crippen molar-refractivity contribution in [3.05, 3.63) is 70.5 Å². The second-order valence-electron chi connectivity index (χ2n) is 7.78. The van der Waals surface area contributed by atoms with Gasteiger partial charge in [0.2, 0.25) is 0 Å². The number of halogens is 1. The third-order valence-electron chi connectivity index (χ3n) is 5.39. The van der Waals surface area contributed by atoms with E-state index in [2.05, 4.69) is 31.0 Å². The van der Waals surface area contributed by atoms with E-state index in [-0.39, 0.29) is 16.8 Å². The number of nitrogens with one attached hydrogen (secondary N) is 3. The number of aromatic nitrogens is 5. The first-order chi connectivity index (χ1) is 15.9. The van der Waals surface area contributed by atoms with Crippen molar-refractivity contribution >= 4 is 28.9 Å². The molecule has 168 valence electrons. The van der Waals surface area contributed by atoms with Crippen molar-refractivity contribution in [3.8, 4) is 5.69 Å². The molecule has 0 aromatic carbocycles. The van der Waals surface area contributed by atoms with Gasteiger partial charge in [0.1, 0.15) is 29.1 Å². The van der Waals surface area contributed by atoms with E-state index in [9.17, 15) is 14.0 Å². The molecule has 1 aliphatic rings. The number of pyridine rings is 2. The first-order valence-corrected chi connectivity index (χ1v) is 10.4. The second-order valence-corrected chi connectivity index (χ2v) is 7.78. The average Bonchev–Trinajstić information content (AvgIpc) is 3.32. The quantitative estimate of drug-likeness (QED) is 0.414. The lowest BCUT2D eigenvalue weighted by Gasteiger charge is -2.12. The molecule has 0 saturated heterocycles. The summed E-state index contributed by atoms with van der Waals surface area (Å²) in [7, 11) is 1.71. The number of carbonyl (C=O) groups excluding carboxylic acids is 1. The van der Waals surface area contributed by atoms with Gasteiger partial charge >= 0.3 is 0 Å². The van der Waals surface area contributed by atoms with Crippen LogP contribution in [0, 0.1) is 6.92 Å². The predicted octanol–water partition coefficient (Wildman–Crippen LogP) is 2.21. The molecule has 0 unspecified atom stereocenters. The van der Waals surface area contributed by atoms with Gasteiger partial charge < -0.3 is 16.0 Å². The van der Waals surface area contributed by atoms with E-state index in [1.165, 1.54) is 15.3 Å². The lowest BCUT2D eigenvalue weighted by atomic mass is 10.3. The highest BCUT2D eigenvalue weighted by molar-refractivity contribution is 6.00. The monoisotopic (exact) mass is 448 g/mol. The number of amides is 1. The molecule has 1 fully saturated rings. The Bertz CT molecular complexity index is 1410. The minimum Gasteiger partial charge on any atom is -0.373 e. The summed E-state index contributed by atoms with van der Waals surface area (Å²) in [5, 5.41) is 12.9. The summed E-state index contributed by atoms with van der Waals surface area (Å²) < 4.78 is 16.2. The standard InChI is InChI=1S/C22H21FN8O2/c1-12-5-6-13(10-25-12)30-7-3-4-16(22(30)33)27-18-9-19(24-2)31-20(29-18)14(11-26-31)21(32)28-17-8-15(17)23/h3-7,9-11,15,17,24H,8H2,1-2H3,(H,27,29)(H,28,32)/t15-,17+/m0/s1. The molecule has 1 aliphatic carbocycles. The summed E-state index contributed by atoms with van der Waals surface area (Å²) in [4.78, 5) is 34.4. The molecule has 4 heterocycles. The number of alkyl halides is 1. The fourth-order valence-corrected chi connectivity index (χ4v) is 3.46. The SMILES string of the molecule is CNc1cc(Nc2cccn(-c3ccc(C)nc3)c2=O)nc2c(C(=O)N[C@@H]3C[C@@H]3F)cnn12. The summed E-state index contributed by atoms with van der Waals surface area (Å²) >= 11 is 0.